The predicted octanol–water partition coefficient (Wildman–Crippen LogP) is 5.80. The molecule has 3 aromatic carbocycles. The van der Waals surface area contributed by atoms with Gasteiger partial charge in [0.2, 0.25) is 0 Å². The number of morpholine rings is 1. The van der Waals surface area contributed by atoms with Gasteiger partial charge in [-0.3, -0.25) is 4.99 Å². The molecule has 0 aromatic heterocycles. The Bertz CT molecular complexity index is 1080. The van der Waals surface area contributed by atoms with Crippen LogP contribution in [0, 0.1) is 0 Å². The molecule has 1 aliphatic heterocycles. The molecule has 158 valence electrons. The van der Waals surface area contributed by atoms with Gasteiger partial charge < -0.3 is 14.4 Å². The molecule has 3 aromatic rings. The van der Waals surface area contributed by atoms with Gasteiger partial charge in [0.25, 0.3) is 0 Å². The van der Waals surface area contributed by atoms with Crippen LogP contribution >= 0.6 is 23.2 Å². The average molecular weight is 455 g/mol. The summed E-state index contributed by atoms with van der Waals surface area (Å²) in [6.07, 6.45) is 1.76. The lowest BCUT2D eigenvalue weighted by Crippen LogP contribution is -2.36. The molecule has 1 fully saturated rings. The van der Waals surface area contributed by atoms with E-state index in [1.807, 2.05) is 24.3 Å². The van der Waals surface area contributed by atoms with E-state index in [4.69, 9.17) is 32.7 Å². The zero-order valence-corrected chi connectivity index (χ0v) is 18.1. The van der Waals surface area contributed by atoms with E-state index in [2.05, 4.69) is 22.0 Å². The number of ether oxygens (including phenoxy) is 2. The number of hydrogen-bond donors (Lipinski definition) is 0. The molecule has 0 amide bonds. The van der Waals surface area contributed by atoms with E-state index in [1.54, 1.807) is 30.5 Å². The van der Waals surface area contributed by atoms with Crippen molar-refractivity contribution in [3.05, 3.63) is 87.9 Å². The van der Waals surface area contributed by atoms with E-state index < -0.39 is 5.97 Å². The highest BCUT2D eigenvalue weighted by atomic mass is 35.5. The molecule has 0 atom stereocenters. The molecule has 0 radical (unpaired) electrons. The molecule has 0 spiro atoms. The Morgan fingerprint density at radius 1 is 0.968 bits per heavy atom. The third kappa shape index (κ3) is 5.64. The molecule has 0 saturated carbocycles. The Hall–Kier alpha value is -2.86. The van der Waals surface area contributed by atoms with Crippen molar-refractivity contribution in [2.24, 2.45) is 4.99 Å². The summed E-state index contributed by atoms with van der Waals surface area (Å²) in [6, 6.07) is 19.8. The van der Waals surface area contributed by atoms with E-state index in [-0.39, 0.29) is 5.75 Å². The lowest BCUT2D eigenvalue weighted by molar-refractivity contribution is 0.0735. The first kappa shape index (κ1) is 21.4. The van der Waals surface area contributed by atoms with Crippen molar-refractivity contribution in [3.63, 3.8) is 0 Å². The van der Waals surface area contributed by atoms with Crippen molar-refractivity contribution >= 4 is 46.8 Å². The molecular formula is C24H20Cl2N2O3. The summed E-state index contributed by atoms with van der Waals surface area (Å²) in [5, 5.41) is 0.762. The molecule has 1 heterocycles. The maximum atomic E-state index is 12.4. The van der Waals surface area contributed by atoms with Crippen LogP contribution in [0.5, 0.6) is 5.75 Å². The minimum Gasteiger partial charge on any atom is -0.421 e. The lowest BCUT2D eigenvalue weighted by Gasteiger charge is -2.28. The van der Waals surface area contributed by atoms with Crippen molar-refractivity contribution in [2.45, 2.75) is 0 Å². The number of esters is 1. The quantitative estimate of drug-likeness (QED) is 0.277. The van der Waals surface area contributed by atoms with Gasteiger partial charge in [0.05, 0.1) is 29.5 Å². The monoisotopic (exact) mass is 454 g/mol. The van der Waals surface area contributed by atoms with Gasteiger partial charge in [0.15, 0.2) is 5.75 Å². The topological polar surface area (TPSA) is 51.1 Å². The minimum atomic E-state index is -0.508. The standard InChI is InChI=1S/C24H20Cl2N2O3/c25-19-5-10-22(26)23(15-19)31-24(29)18-3-1-17(2-4-18)16-27-20-6-8-21(9-7-20)28-11-13-30-14-12-28/h1-10,15-16H,11-14H2. The van der Waals surface area contributed by atoms with Gasteiger partial charge in [-0.1, -0.05) is 35.3 Å². The van der Waals surface area contributed by atoms with Crippen molar-refractivity contribution in [1.82, 2.24) is 0 Å². The number of halogens is 2. The van der Waals surface area contributed by atoms with Crippen molar-refractivity contribution in [1.29, 1.82) is 0 Å². The van der Waals surface area contributed by atoms with Crippen LogP contribution in [0.2, 0.25) is 10.0 Å². The van der Waals surface area contributed by atoms with Gasteiger partial charge in [-0.05, 0) is 54.1 Å². The number of carbonyl (C=O) groups is 1. The Balaban J connectivity index is 1.38. The fourth-order valence-electron chi connectivity index (χ4n) is 3.14. The zero-order valence-electron chi connectivity index (χ0n) is 16.6. The van der Waals surface area contributed by atoms with Crippen LogP contribution in [0.4, 0.5) is 11.4 Å². The molecular weight excluding hydrogens is 435 g/mol. The molecule has 0 N–H and O–H groups in total. The molecule has 0 aliphatic carbocycles. The maximum Gasteiger partial charge on any atom is 0.343 e. The fraction of sp³-hybridized carbons (Fsp3) is 0.167. The highest BCUT2D eigenvalue weighted by molar-refractivity contribution is 6.34. The Kier molecular flexibility index (Phi) is 6.87. The number of aliphatic imine (C=N–C) groups is 1. The Morgan fingerprint density at radius 3 is 2.39 bits per heavy atom. The van der Waals surface area contributed by atoms with Crippen molar-refractivity contribution in [3.8, 4) is 5.75 Å². The minimum absolute atomic E-state index is 0.227. The number of nitrogens with zero attached hydrogens (tertiary/aromatic N) is 2. The largest absolute Gasteiger partial charge is 0.421 e. The van der Waals surface area contributed by atoms with Gasteiger partial charge in [0, 0.05) is 36.1 Å². The third-order valence-corrected chi connectivity index (χ3v) is 5.38. The molecule has 1 aliphatic rings. The lowest BCUT2D eigenvalue weighted by atomic mass is 10.1. The molecule has 5 nitrogen and oxygen atoms in total. The van der Waals surface area contributed by atoms with Crippen LogP contribution < -0.4 is 9.64 Å². The molecule has 7 heteroatoms. The first-order chi connectivity index (χ1) is 15.1. The molecule has 31 heavy (non-hydrogen) atoms. The first-order valence-corrected chi connectivity index (χ1v) is 10.6. The highest BCUT2D eigenvalue weighted by Gasteiger charge is 2.12. The van der Waals surface area contributed by atoms with E-state index in [0.29, 0.717) is 15.6 Å². The second-order valence-electron chi connectivity index (χ2n) is 6.96. The smallest absolute Gasteiger partial charge is 0.343 e. The first-order valence-electron chi connectivity index (χ1n) is 9.82. The summed E-state index contributed by atoms with van der Waals surface area (Å²) in [4.78, 5) is 19.2. The summed E-state index contributed by atoms with van der Waals surface area (Å²) in [5.74, 6) is -0.281. The van der Waals surface area contributed by atoms with Crippen LogP contribution in [0.3, 0.4) is 0 Å². The maximum absolute atomic E-state index is 12.4. The Labute approximate surface area is 190 Å². The molecule has 0 unspecified atom stereocenters. The van der Waals surface area contributed by atoms with Gasteiger partial charge >= 0.3 is 5.97 Å². The van der Waals surface area contributed by atoms with Crippen LogP contribution in [-0.4, -0.2) is 38.5 Å². The van der Waals surface area contributed by atoms with E-state index in [0.717, 1.165) is 37.6 Å². The van der Waals surface area contributed by atoms with Crippen LogP contribution in [0.25, 0.3) is 0 Å². The fourth-order valence-corrected chi connectivity index (χ4v) is 3.46. The number of rotatable bonds is 5. The van der Waals surface area contributed by atoms with E-state index in [1.165, 1.54) is 11.8 Å². The number of hydrogen-bond acceptors (Lipinski definition) is 5. The van der Waals surface area contributed by atoms with Crippen LogP contribution in [0.15, 0.2) is 71.7 Å². The summed E-state index contributed by atoms with van der Waals surface area (Å²) >= 11 is 12.0. The van der Waals surface area contributed by atoms with Crippen molar-refractivity contribution < 1.29 is 14.3 Å². The SMILES string of the molecule is O=C(Oc1cc(Cl)ccc1Cl)c1ccc(C=Nc2ccc(N3CCOCC3)cc2)cc1. The Morgan fingerprint density at radius 2 is 1.68 bits per heavy atom. The second kappa shape index (κ2) is 9.96. The second-order valence-corrected chi connectivity index (χ2v) is 7.80. The average Bonchev–Trinajstić information content (AvgIpc) is 2.81. The normalized spacial score (nSPS) is 14.1. The van der Waals surface area contributed by atoms with Gasteiger partial charge in [-0.2, -0.15) is 0 Å². The third-order valence-electron chi connectivity index (χ3n) is 4.83. The van der Waals surface area contributed by atoms with Crippen LogP contribution in [-0.2, 0) is 4.74 Å². The number of anilines is 1. The van der Waals surface area contributed by atoms with Gasteiger partial charge in [-0.25, -0.2) is 4.79 Å². The summed E-state index contributed by atoms with van der Waals surface area (Å²) < 4.78 is 10.7. The van der Waals surface area contributed by atoms with Gasteiger partial charge in [0.1, 0.15) is 0 Å². The summed E-state index contributed by atoms with van der Waals surface area (Å²) in [7, 11) is 0. The van der Waals surface area contributed by atoms with E-state index >= 15 is 0 Å². The summed E-state index contributed by atoms with van der Waals surface area (Å²) in [6.45, 7) is 3.33. The number of benzene rings is 3. The van der Waals surface area contributed by atoms with Crippen molar-refractivity contribution in [2.75, 3.05) is 31.2 Å². The predicted molar refractivity (Wildman–Crippen MR) is 125 cm³/mol. The van der Waals surface area contributed by atoms with Crippen LogP contribution in [0.1, 0.15) is 15.9 Å². The number of carbonyl (C=O) groups excluding carboxylic acids is 1. The molecule has 1 saturated heterocycles. The van der Waals surface area contributed by atoms with E-state index in [9.17, 15) is 4.79 Å². The molecule has 0 bridgehead atoms. The molecule has 4 rings (SSSR count). The summed E-state index contributed by atoms with van der Waals surface area (Å²) in [5.41, 5.74) is 3.30. The van der Waals surface area contributed by atoms with Gasteiger partial charge in [-0.15, -0.1) is 0 Å². The zero-order chi connectivity index (χ0) is 21.6. The highest BCUT2D eigenvalue weighted by Crippen LogP contribution is 2.28.